The lowest BCUT2D eigenvalue weighted by Gasteiger charge is -2.08. The fraction of sp³-hybridized carbons (Fsp3) is 0.250. The lowest BCUT2D eigenvalue weighted by molar-refractivity contribution is 0.376. The summed E-state index contributed by atoms with van der Waals surface area (Å²) >= 11 is 1.56. The van der Waals surface area contributed by atoms with Crippen LogP contribution in [-0.2, 0) is 0 Å². The summed E-state index contributed by atoms with van der Waals surface area (Å²) < 4.78 is 7.33. The van der Waals surface area contributed by atoms with Gasteiger partial charge in [0.05, 0.1) is 10.8 Å². The molecule has 0 aliphatic carbocycles. The van der Waals surface area contributed by atoms with Crippen LogP contribution in [-0.4, -0.2) is 24.7 Å². The Labute approximate surface area is 136 Å². The summed E-state index contributed by atoms with van der Waals surface area (Å²) in [6.45, 7) is 5.93. The Kier molecular flexibility index (Phi) is 3.30. The maximum Gasteiger partial charge on any atom is 0.239 e. The number of rotatable bonds is 3. The lowest BCUT2D eigenvalue weighted by atomic mass is 10.1. The van der Waals surface area contributed by atoms with E-state index in [4.69, 9.17) is 4.52 Å². The second-order valence-corrected chi connectivity index (χ2v) is 6.77. The number of para-hydroxylation sites is 1. The number of benzene rings is 1. The first-order chi connectivity index (χ1) is 11.1. The molecule has 6 nitrogen and oxygen atoms in total. The zero-order chi connectivity index (χ0) is 16.0. The van der Waals surface area contributed by atoms with Gasteiger partial charge in [-0.3, -0.25) is 4.40 Å². The highest BCUT2D eigenvalue weighted by molar-refractivity contribution is 7.99. The molecule has 0 aliphatic rings. The second kappa shape index (κ2) is 5.34. The highest BCUT2D eigenvalue weighted by atomic mass is 32.2. The van der Waals surface area contributed by atoms with Gasteiger partial charge in [0.25, 0.3) is 0 Å². The van der Waals surface area contributed by atoms with Crippen LogP contribution in [0.25, 0.3) is 16.6 Å². The van der Waals surface area contributed by atoms with Crippen molar-refractivity contribution < 1.29 is 4.52 Å². The Balaban J connectivity index is 1.83. The van der Waals surface area contributed by atoms with E-state index in [1.54, 1.807) is 11.8 Å². The van der Waals surface area contributed by atoms with Crippen LogP contribution < -0.4 is 0 Å². The first kappa shape index (κ1) is 14.2. The summed E-state index contributed by atoms with van der Waals surface area (Å²) in [5.74, 6) is 1.24. The van der Waals surface area contributed by atoms with Crippen molar-refractivity contribution >= 4 is 28.3 Å². The van der Waals surface area contributed by atoms with Crippen molar-refractivity contribution in [3.05, 3.63) is 47.6 Å². The van der Waals surface area contributed by atoms with Crippen molar-refractivity contribution in [3.63, 3.8) is 0 Å². The van der Waals surface area contributed by atoms with Crippen molar-refractivity contribution in [3.8, 4) is 0 Å². The Bertz CT molecular complexity index is 1010. The molecule has 3 heterocycles. The number of hydrogen-bond donors (Lipinski definition) is 0. The van der Waals surface area contributed by atoms with Crippen molar-refractivity contribution in [1.82, 2.24) is 24.7 Å². The Hall–Kier alpha value is -2.41. The van der Waals surface area contributed by atoms with Gasteiger partial charge in [0, 0.05) is 5.39 Å². The number of nitrogens with zero attached hydrogens (tertiary/aromatic N) is 5. The standard InChI is InChI=1S/C16H15N5OS/c1-9-8-14-18-19-16(21(14)13-7-5-4-6-12(9)13)23-10(2)15-17-11(3)20-22-15/h4-8,10H,1-3H3. The monoisotopic (exact) mass is 325 g/mol. The third-order valence-corrected chi connectivity index (χ3v) is 4.78. The molecule has 4 rings (SSSR count). The Morgan fingerprint density at radius 2 is 2.00 bits per heavy atom. The summed E-state index contributed by atoms with van der Waals surface area (Å²) in [7, 11) is 0. The summed E-state index contributed by atoms with van der Waals surface area (Å²) in [5, 5.41) is 14.5. The molecule has 4 aromatic rings. The molecule has 1 aromatic carbocycles. The van der Waals surface area contributed by atoms with Gasteiger partial charge < -0.3 is 4.52 Å². The summed E-state index contributed by atoms with van der Waals surface area (Å²) in [5.41, 5.74) is 3.14. The van der Waals surface area contributed by atoms with E-state index >= 15 is 0 Å². The molecule has 0 bridgehead atoms. The number of fused-ring (bicyclic) bond motifs is 3. The van der Waals surface area contributed by atoms with Crippen molar-refractivity contribution in [1.29, 1.82) is 0 Å². The first-order valence-electron chi connectivity index (χ1n) is 7.34. The average molecular weight is 325 g/mol. The Morgan fingerprint density at radius 3 is 2.78 bits per heavy atom. The first-order valence-corrected chi connectivity index (χ1v) is 8.22. The SMILES string of the molecule is Cc1noc(C(C)Sc2nnc3cc(C)c4ccccc4n23)n1. The maximum absolute atomic E-state index is 5.25. The molecule has 0 N–H and O–H groups in total. The predicted octanol–water partition coefficient (Wildman–Crippen LogP) is 3.74. The van der Waals surface area contributed by atoms with E-state index in [1.807, 2.05) is 26.0 Å². The normalized spacial score (nSPS) is 13.0. The van der Waals surface area contributed by atoms with Crippen LogP contribution in [0.3, 0.4) is 0 Å². The second-order valence-electron chi connectivity index (χ2n) is 5.46. The van der Waals surface area contributed by atoms with Crippen LogP contribution >= 0.6 is 11.8 Å². The molecule has 1 unspecified atom stereocenters. The molecule has 0 amide bonds. The molecule has 0 fully saturated rings. The molecule has 23 heavy (non-hydrogen) atoms. The largest absolute Gasteiger partial charge is 0.338 e. The number of hydrogen-bond acceptors (Lipinski definition) is 6. The van der Waals surface area contributed by atoms with Crippen molar-refractivity contribution in [2.45, 2.75) is 31.2 Å². The molecule has 0 radical (unpaired) electrons. The number of pyridine rings is 1. The van der Waals surface area contributed by atoms with Crippen LogP contribution in [0.2, 0.25) is 0 Å². The van der Waals surface area contributed by atoms with Gasteiger partial charge >= 0.3 is 0 Å². The van der Waals surface area contributed by atoms with Gasteiger partial charge in [0.2, 0.25) is 5.89 Å². The van der Waals surface area contributed by atoms with E-state index in [9.17, 15) is 0 Å². The van der Waals surface area contributed by atoms with E-state index in [0.29, 0.717) is 11.7 Å². The van der Waals surface area contributed by atoms with E-state index in [1.165, 1.54) is 10.9 Å². The average Bonchev–Trinajstić information content (AvgIpc) is 3.14. The number of aryl methyl sites for hydroxylation is 2. The highest BCUT2D eigenvalue weighted by Gasteiger charge is 2.19. The van der Waals surface area contributed by atoms with E-state index in [-0.39, 0.29) is 5.25 Å². The summed E-state index contributed by atoms with van der Waals surface area (Å²) in [6, 6.07) is 10.3. The molecule has 3 aromatic heterocycles. The van der Waals surface area contributed by atoms with E-state index in [2.05, 4.69) is 49.9 Å². The predicted molar refractivity (Wildman–Crippen MR) is 88.5 cm³/mol. The third kappa shape index (κ3) is 2.37. The molecular formula is C16H15N5OS. The lowest BCUT2D eigenvalue weighted by Crippen LogP contribution is -1.95. The van der Waals surface area contributed by atoms with Gasteiger partial charge in [0.1, 0.15) is 0 Å². The molecule has 0 aliphatic heterocycles. The molecule has 1 atom stereocenters. The van der Waals surface area contributed by atoms with Gasteiger partial charge in [-0.2, -0.15) is 4.98 Å². The smallest absolute Gasteiger partial charge is 0.239 e. The quantitative estimate of drug-likeness (QED) is 0.535. The van der Waals surface area contributed by atoms with Gasteiger partial charge in [-0.25, -0.2) is 0 Å². The van der Waals surface area contributed by atoms with Gasteiger partial charge in [-0.15, -0.1) is 10.2 Å². The minimum Gasteiger partial charge on any atom is -0.338 e. The maximum atomic E-state index is 5.25. The van der Waals surface area contributed by atoms with Crippen LogP contribution in [0.4, 0.5) is 0 Å². The minimum absolute atomic E-state index is 0.00339. The highest BCUT2D eigenvalue weighted by Crippen LogP contribution is 2.34. The molecule has 116 valence electrons. The zero-order valence-electron chi connectivity index (χ0n) is 13.0. The molecule has 7 heteroatoms. The van der Waals surface area contributed by atoms with Crippen LogP contribution in [0.5, 0.6) is 0 Å². The van der Waals surface area contributed by atoms with Gasteiger partial charge in [-0.1, -0.05) is 35.1 Å². The van der Waals surface area contributed by atoms with E-state index < -0.39 is 0 Å². The van der Waals surface area contributed by atoms with Crippen LogP contribution in [0.1, 0.15) is 29.5 Å². The Morgan fingerprint density at radius 1 is 1.17 bits per heavy atom. The minimum atomic E-state index is 0.00339. The summed E-state index contributed by atoms with van der Waals surface area (Å²) in [4.78, 5) is 4.29. The molecule has 0 saturated carbocycles. The fourth-order valence-electron chi connectivity index (χ4n) is 2.64. The van der Waals surface area contributed by atoms with Crippen LogP contribution in [0.15, 0.2) is 40.0 Å². The molecule has 0 saturated heterocycles. The van der Waals surface area contributed by atoms with Crippen LogP contribution in [0, 0.1) is 13.8 Å². The molecular weight excluding hydrogens is 310 g/mol. The third-order valence-electron chi connectivity index (χ3n) is 3.75. The number of aromatic nitrogens is 5. The topological polar surface area (TPSA) is 69.1 Å². The fourth-order valence-corrected chi connectivity index (χ4v) is 3.54. The van der Waals surface area contributed by atoms with Crippen molar-refractivity contribution in [2.75, 3.05) is 0 Å². The van der Waals surface area contributed by atoms with Gasteiger partial charge in [0.15, 0.2) is 16.6 Å². The number of thioether (sulfide) groups is 1. The van der Waals surface area contributed by atoms with Gasteiger partial charge in [-0.05, 0) is 38.5 Å². The molecule has 0 spiro atoms. The zero-order valence-corrected chi connectivity index (χ0v) is 13.8. The van der Waals surface area contributed by atoms with Crippen molar-refractivity contribution in [2.24, 2.45) is 0 Å². The van der Waals surface area contributed by atoms with E-state index in [0.717, 1.165) is 16.3 Å². The summed E-state index contributed by atoms with van der Waals surface area (Å²) in [6.07, 6.45) is 0.